The van der Waals surface area contributed by atoms with Crippen LogP contribution in [-0.2, 0) is 17.8 Å². The maximum Gasteiger partial charge on any atom is 0.233 e. The third-order valence-electron chi connectivity index (χ3n) is 5.84. The lowest BCUT2D eigenvalue weighted by molar-refractivity contribution is -0.120. The summed E-state index contributed by atoms with van der Waals surface area (Å²) >= 11 is 0. The van der Waals surface area contributed by atoms with Crippen LogP contribution in [0.25, 0.3) is 0 Å². The molecule has 2 atom stereocenters. The van der Waals surface area contributed by atoms with Crippen molar-refractivity contribution in [1.29, 1.82) is 0 Å². The molecule has 2 unspecified atom stereocenters. The Morgan fingerprint density at radius 3 is 2.93 bits per heavy atom. The van der Waals surface area contributed by atoms with Gasteiger partial charge in [0.2, 0.25) is 5.91 Å². The van der Waals surface area contributed by atoms with Gasteiger partial charge in [-0.1, -0.05) is 18.2 Å². The number of rotatable bonds is 7. The Hall–Kier alpha value is -2.41. The van der Waals surface area contributed by atoms with Gasteiger partial charge in [-0.3, -0.25) is 10.1 Å². The van der Waals surface area contributed by atoms with Crippen LogP contribution in [0.3, 0.4) is 0 Å². The lowest BCUT2D eigenvalue weighted by atomic mass is 10.1. The maximum absolute atomic E-state index is 12.3. The molecule has 1 amide bonds. The van der Waals surface area contributed by atoms with E-state index >= 15 is 0 Å². The van der Waals surface area contributed by atoms with E-state index in [9.17, 15) is 4.79 Å². The summed E-state index contributed by atoms with van der Waals surface area (Å²) in [5.41, 5.74) is 1.27. The lowest BCUT2D eigenvalue weighted by Crippen LogP contribution is -2.38. The predicted octanol–water partition coefficient (Wildman–Crippen LogP) is 1.91. The zero-order chi connectivity index (χ0) is 19.3. The van der Waals surface area contributed by atoms with Crippen LogP contribution in [0.4, 0.5) is 5.69 Å². The highest BCUT2D eigenvalue weighted by Crippen LogP contribution is 2.23. The van der Waals surface area contributed by atoms with Crippen molar-refractivity contribution in [1.82, 2.24) is 25.4 Å². The van der Waals surface area contributed by atoms with Crippen molar-refractivity contribution in [3.63, 3.8) is 0 Å². The SMILES string of the molecule is CC(NCC(=O)NCC1CCN(c2ccccc2)C1)c1nnc2n1CCCC2. The van der Waals surface area contributed by atoms with Crippen LogP contribution in [0.5, 0.6) is 0 Å². The van der Waals surface area contributed by atoms with Gasteiger partial charge in [0.25, 0.3) is 0 Å². The molecular formula is C21H30N6O. The van der Waals surface area contributed by atoms with Crippen LogP contribution < -0.4 is 15.5 Å². The second-order valence-electron chi connectivity index (χ2n) is 7.93. The van der Waals surface area contributed by atoms with Crippen LogP contribution in [0, 0.1) is 5.92 Å². The van der Waals surface area contributed by atoms with Crippen LogP contribution >= 0.6 is 0 Å². The van der Waals surface area contributed by atoms with Crippen molar-refractivity contribution in [3.8, 4) is 0 Å². The second kappa shape index (κ2) is 8.73. The summed E-state index contributed by atoms with van der Waals surface area (Å²) in [5, 5.41) is 15.0. The van der Waals surface area contributed by atoms with Gasteiger partial charge in [0, 0.05) is 38.3 Å². The largest absolute Gasteiger partial charge is 0.371 e. The molecule has 1 aromatic carbocycles. The Labute approximate surface area is 166 Å². The molecule has 2 N–H and O–H groups in total. The number of hydrogen-bond donors (Lipinski definition) is 2. The average Bonchev–Trinajstić information content (AvgIpc) is 3.38. The van der Waals surface area contributed by atoms with E-state index in [1.807, 2.05) is 13.0 Å². The Morgan fingerprint density at radius 2 is 2.07 bits per heavy atom. The summed E-state index contributed by atoms with van der Waals surface area (Å²) in [7, 11) is 0. The number of amides is 1. The van der Waals surface area contributed by atoms with Crippen molar-refractivity contribution in [2.45, 2.75) is 45.2 Å². The van der Waals surface area contributed by atoms with Gasteiger partial charge in [-0.2, -0.15) is 0 Å². The van der Waals surface area contributed by atoms with Gasteiger partial charge in [-0.25, -0.2) is 0 Å². The van der Waals surface area contributed by atoms with Crippen LogP contribution in [0.1, 0.15) is 43.9 Å². The van der Waals surface area contributed by atoms with E-state index in [1.165, 1.54) is 18.5 Å². The van der Waals surface area contributed by atoms with Crippen LogP contribution in [-0.4, -0.2) is 46.9 Å². The number of nitrogens with one attached hydrogen (secondary N) is 2. The van der Waals surface area contributed by atoms with E-state index in [0.717, 1.165) is 50.7 Å². The number of aryl methyl sites for hydroxylation is 1. The summed E-state index contributed by atoms with van der Waals surface area (Å²) in [6.45, 7) is 6.12. The number of fused-ring (bicyclic) bond motifs is 1. The molecule has 4 rings (SSSR count). The Balaban J connectivity index is 1.20. The Bertz CT molecular complexity index is 789. The third kappa shape index (κ3) is 4.35. The number of nitrogens with zero attached hydrogens (tertiary/aromatic N) is 4. The highest BCUT2D eigenvalue weighted by atomic mass is 16.1. The van der Waals surface area contributed by atoms with Gasteiger partial charge < -0.3 is 14.8 Å². The molecular weight excluding hydrogens is 352 g/mol. The van der Waals surface area contributed by atoms with Crippen molar-refractivity contribution >= 4 is 11.6 Å². The molecule has 1 aromatic heterocycles. The monoisotopic (exact) mass is 382 g/mol. The molecule has 150 valence electrons. The zero-order valence-corrected chi connectivity index (χ0v) is 16.6. The molecule has 28 heavy (non-hydrogen) atoms. The van der Waals surface area contributed by atoms with Crippen molar-refractivity contribution < 1.29 is 4.79 Å². The maximum atomic E-state index is 12.3. The summed E-state index contributed by atoms with van der Waals surface area (Å²) in [5.74, 6) is 2.56. The molecule has 2 aliphatic rings. The minimum Gasteiger partial charge on any atom is -0.371 e. The fourth-order valence-corrected chi connectivity index (χ4v) is 4.18. The first kappa shape index (κ1) is 18.9. The topological polar surface area (TPSA) is 75.1 Å². The van der Waals surface area contributed by atoms with Gasteiger partial charge in [0.1, 0.15) is 11.6 Å². The first-order valence-electron chi connectivity index (χ1n) is 10.4. The van der Waals surface area contributed by atoms with Gasteiger partial charge in [-0.15, -0.1) is 10.2 Å². The van der Waals surface area contributed by atoms with Gasteiger partial charge >= 0.3 is 0 Å². The van der Waals surface area contributed by atoms with E-state index in [4.69, 9.17) is 0 Å². The number of hydrogen-bond acceptors (Lipinski definition) is 5. The molecule has 0 aliphatic carbocycles. The van der Waals surface area contributed by atoms with E-state index in [1.54, 1.807) is 0 Å². The number of carbonyl (C=O) groups is 1. The van der Waals surface area contributed by atoms with E-state index < -0.39 is 0 Å². The van der Waals surface area contributed by atoms with Gasteiger partial charge in [-0.05, 0) is 44.2 Å². The first-order valence-corrected chi connectivity index (χ1v) is 10.4. The molecule has 3 heterocycles. The van der Waals surface area contributed by atoms with Crippen LogP contribution in [0.15, 0.2) is 30.3 Å². The molecule has 0 saturated carbocycles. The molecule has 7 heteroatoms. The molecule has 2 aliphatic heterocycles. The lowest BCUT2D eigenvalue weighted by Gasteiger charge is -2.19. The van der Waals surface area contributed by atoms with E-state index in [2.05, 4.69) is 54.6 Å². The second-order valence-corrected chi connectivity index (χ2v) is 7.93. The minimum atomic E-state index is 0.0187. The van der Waals surface area contributed by atoms with Gasteiger partial charge in [0.15, 0.2) is 0 Å². The van der Waals surface area contributed by atoms with Crippen LogP contribution in [0.2, 0.25) is 0 Å². The molecule has 0 radical (unpaired) electrons. The van der Waals surface area contributed by atoms with Gasteiger partial charge in [0.05, 0.1) is 12.6 Å². The number of para-hydroxylation sites is 1. The third-order valence-corrected chi connectivity index (χ3v) is 5.84. The quantitative estimate of drug-likeness (QED) is 0.765. The molecule has 1 saturated heterocycles. The highest BCUT2D eigenvalue weighted by Gasteiger charge is 2.23. The number of carbonyl (C=O) groups excluding carboxylic acids is 1. The highest BCUT2D eigenvalue weighted by molar-refractivity contribution is 5.78. The summed E-state index contributed by atoms with van der Waals surface area (Å²) in [6.07, 6.45) is 4.48. The molecule has 0 spiro atoms. The molecule has 2 aromatic rings. The average molecular weight is 383 g/mol. The predicted molar refractivity (Wildman–Crippen MR) is 109 cm³/mol. The fourth-order valence-electron chi connectivity index (χ4n) is 4.18. The summed E-state index contributed by atoms with van der Waals surface area (Å²) in [4.78, 5) is 14.7. The van der Waals surface area contributed by atoms with Crippen molar-refractivity contribution in [2.75, 3.05) is 31.1 Å². The Morgan fingerprint density at radius 1 is 1.21 bits per heavy atom. The molecule has 1 fully saturated rings. The number of aromatic nitrogens is 3. The Kier molecular flexibility index (Phi) is 5.90. The first-order chi connectivity index (χ1) is 13.7. The standard InChI is InChI=1S/C21H30N6O/c1-16(21-25-24-19-9-5-6-11-27(19)21)22-14-20(28)23-13-17-10-12-26(15-17)18-7-3-2-4-8-18/h2-4,7-8,16-17,22H,5-6,9-15H2,1H3,(H,23,28). The number of anilines is 1. The zero-order valence-electron chi connectivity index (χ0n) is 16.6. The fraction of sp³-hybridized carbons (Fsp3) is 0.571. The molecule has 7 nitrogen and oxygen atoms in total. The molecule has 0 bridgehead atoms. The van der Waals surface area contributed by atoms with E-state index in [0.29, 0.717) is 12.5 Å². The van der Waals surface area contributed by atoms with Crippen molar-refractivity contribution in [2.24, 2.45) is 5.92 Å². The minimum absolute atomic E-state index is 0.0187. The summed E-state index contributed by atoms with van der Waals surface area (Å²) < 4.78 is 2.20. The van der Waals surface area contributed by atoms with E-state index in [-0.39, 0.29) is 11.9 Å². The smallest absolute Gasteiger partial charge is 0.233 e. The summed E-state index contributed by atoms with van der Waals surface area (Å²) in [6, 6.07) is 10.5. The van der Waals surface area contributed by atoms with Crippen molar-refractivity contribution in [3.05, 3.63) is 42.0 Å². The number of benzene rings is 1. The normalized spacial score (nSPS) is 20.0.